The predicted molar refractivity (Wildman–Crippen MR) is 95.3 cm³/mol. The van der Waals surface area contributed by atoms with Crippen LogP contribution in [0.4, 0.5) is 0 Å². The van der Waals surface area contributed by atoms with Crippen molar-refractivity contribution < 1.29 is 13.2 Å². The number of hydrogen-bond acceptors (Lipinski definition) is 5. The molecule has 8 heteroatoms. The number of hydrogen-bond donors (Lipinski definition) is 1. The minimum absolute atomic E-state index is 0.00403. The molecule has 2 heterocycles. The van der Waals surface area contributed by atoms with Gasteiger partial charge in [0.1, 0.15) is 0 Å². The van der Waals surface area contributed by atoms with Crippen LogP contribution in [0.1, 0.15) is 32.0 Å². The second-order valence-corrected chi connectivity index (χ2v) is 8.91. The lowest BCUT2D eigenvalue weighted by Gasteiger charge is -2.15. The summed E-state index contributed by atoms with van der Waals surface area (Å²) in [7, 11) is -3.05. The first-order chi connectivity index (χ1) is 11.8. The van der Waals surface area contributed by atoms with Crippen molar-refractivity contribution >= 4 is 26.5 Å². The zero-order chi connectivity index (χ0) is 18.2. The van der Waals surface area contributed by atoms with Crippen LogP contribution in [0, 0.1) is 0 Å². The summed E-state index contributed by atoms with van der Waals surface area (Å²) in [5.74, 6) is -0.191. The van der Waals surface area contributed by atoms with E-state index in [-0.39, 0.29) is 41.5 Å². The fraction of sp³-hybridized carbons (Fsp3) is 0.471. The van der Waals surface area contributed by atoms with Gasteiger partial charge in [-0.1, -0.05) is 18.2 Å². The third-order valence-electron chi connectivity index (χ3n) is 4.32. The molecule has 0 aliphatic carbocycles. The van der Waals surface area contributed by atoms with Gasteiger partial charge in [0.05, 0.1) is 35.0 Å². The number of nitrogens with zero attached hydrogens (tertiary/aromatic N) is 2. The maximum atomic E-state index is 12.5. The summed E-state index contributed by atoms with van der Waals surface area (Å²) >= 11 is 0. The van der Waals surface area contributed by atoms with Crippen molar-refractivity contribution in [3.05, 3.63) is 40.3 Å². The van der Waals surface area contributed by atoms with Crippen molar-refractivity contribution in [3.8, 4) is 0 Å². The molecule has 0 unspecified atom stereocenters. The maximum absolute atomic E-state index is 12.5. The average molecular weight is 363 g/mol. The summed E-state index contributed by atoms with van der Waals surface area (Å²) in [5, 5.41) is 8.31. The number of aromatic nitrogens is 2. The van der Waals surface area contributed by atoms with E-state index in [2.05, 4.69) is 10.4 Å². The van der Waals surface area contributed by atoms with Crippen LogP contribution in [0.2, 0.25) is 0 Å². The first-order valence-electron chi connectivity index (χ1n) is 8.27. The van der Waals surface area contributed by atoms with Crippen molar-refractivity contribution in [2.75, 3.05) is 11.5 Å². The number of carbonyl (C=O) groups excluding carboxylic acids is 1. The number of benzene rings is 1. The van der Waals surface area contributed by atoms with Crippen molar-refractivity contribution in [3.63, 3.8) is 0 Å². The van der Waals surface area contributed by atoms with Crippen LogP contribution in [0.5, 0.6) is 0 Å². The van der Waals surface area contributed by atoms with Crippen molar-refractivity contribution in [1.29, 1.82) is 0 Å². The van der Waals surface area contributed by atoms with Gasteiger partial charge < -0.3 is 5.32 Å². The highest BCUT2D eigenvalue weighted by Gasteiger charge is 2.29. The SMILES string of the molecule is CC(C)n1nc(CC(=O)N[C@@H]2CCS(=O)(=O)C2)c2ccccc2c1=O. The number of carbonyl (C=O) groups is 1. The molecule has 7 nitrogen and oxygen atoms in total. The Hall–Kier alpha value is -2.22. The van der Waals surface area contributed by atoms with E-state index in [1.807, 2.05) is 13.8 Å². The molecule has 1 N–H and O–H groups in total. The van der Waals surface area contributed by atoms with Gasteiger partial charge in [0.25, 0.3) is 5.56 Å². The van der Waals surface area contributed by atoms with Crippen molar-refractivity contribution in [1.82, 2.24) is 15.1 Å². The molecule has 3 rings (SSSR count). The molecule has 2 aromatic rings. The largest absolute Gasteiger partial charge is 0.352 e. The van der Waals surface area contributed by atoms with E-state index in [4.69, 9.17) is 0 Å². The van der Waals surface area contributed by atoms with Crippen LogP contribution in [-0.4, -0.2) is 41.7 Å². The monoisotopic (exact) mass is 363 g/mol. The summed E-state index contributed by atoms with van der Waals surface area (Å²) in [6.45, 7) is 3.72. The molecular weight excluding hydrogens is 342 g/mol. The van der Waals surface area contributed by atoms with E-state index in [1.165, 1.54) is 4.68 Å². The summed E-state index contributed by atoms with van der Waals surface area (Å²) < 4.78 is 24.4. The molecule has 25 heavy (non-hydrogen) atoms. The number of fused-ring (bicyclic) bond motifs is 1. The van der Waals surface area contributed by atoms with Crippen LogP contribution in [-0.2, 0) is 21.1 Å². The Morgan fingerprint density at radius 2 is 2.00 bits per heavy atom. The van der Waals surface area contributed by atoms with Gasteiger partial charge in [-0.25, -0.2) is 13.1 Å². The fourth-order valence-corrected chi connectivity index (χ4v) is 4.77. The lowest BCUT2D eigenvalue weighted by atomic mass is 10.1. The smallest absolute Gasteiger partial charge is 0.274 e. The number of amides is 1. The minimum atomic E-state index is -3.05. The van der Waals surface area contributed by atoms with Crippen LogP contribution >= 0.6 is 0 Å². The molecular formula is C17H21N3O4S. The molecule has 134 valence electrons. The zero-order valence-corrected chi connectivity index (χ0v) is 15.0. The van der Waals surface area contributed by atoms with Crippen LogP contribution < -0.4 is 10.9 Å². The molecule has 0 saturated carbocycles. The lowest BCUT2D eigenvalue weighted by Crippen LogP contribution is -2.37. The van der Waals surface area contributed by atoms with Crippen LogP contribution in [0.3, 0.4) is 0 Å². The number of rotatable bonds is 4. The lowest BCUT2D eigenvalue weighted by molar-refractivity contribution is -0.121. The molecule has 0 spiro atoms. The third-order valence-corrected chi connectivity index (χ3v) is 6.09. The number of nitrogens with one attached hydrogen (secondary N) is 1. The van der Waals surface area contributed by atoms with Gasteiger partial charge in [-0.2, -0.15) is 5.10 Å². The van der Waals surface area contributed by atoms with Gasteiger partial charge in [-0.15, -0.1) is 0 Å². The highest BCUT2D eigenvalue weighted by atomic mass is 32.2. The molecule has 1 aromatic carbocycles. The summed E-state index contributed by atoms with van der Waals surface area (Å²) in [6, 6.07) is 6.61. The summed E-state index contributed by atoms with van der Waals surface area (Å²) in [5.41, 5.74) is 0.332. The third kappa shape index (κ3) is 3.73. The van der Waals surface area contributed by atoms with Crippen LogP contribution in [0.25, 0.3) is 10.8 Å². The van der Waals surface area contributed by atoms with Gasteiger partial charge in [-0.3, -0.25) is 9.59 Å². The second kappa shape index (κ2) is 6.59. The molecule has 1 aliphatic heterocycles. The highest BCUT2D eigenvalue weighted by molar-refractivity contribution is 7.91. The Bertz CT molecular complexity index is 979. The maximum Gasteiger partial charge on any atom is 0.274 e. The predicted octanol–water partition coefficient (Wildman–Crippen LogP) is 0.823. The van der Waals surface area contributed by atoms with Gasteiger partial charge in [-0.05, 0) is 26.3 Å². The van der Waals surface area contributed by atoms with Gasteiger partial charge in [0.15, 0.2) is 9.84 Å². The normalized spacial score (nSPS) is 19.4. The molecule has 1 atom stereocenters. The summed E-state index contributed by atoms with van der Waals surface area (Å²) in [6.07, 6.45) is 0.442. The Balaban J connectivity index is 1.89. The standard InChI is InChI=1S/C17H21N3O4S/c1-11(2)20-17(22)14-6-4-3-5-13(14)15(19-20)9-16(21)18-12-7-8-25(23,24)10-12/h3-6,11-12H,7-10H2,1-2H3,(H,18,21)/t12-/m1/s1. The Morgan fingerprint density at radius 3 is 2.60 bits per heavy atom. The molecule has 0 radical (unpaired) electrons. The summed E-state index contributed by atoms with van der Waals surface area (Å²) in [4.78, 5) is 24.8. The Labute approximate surface area is 146 Å². The molecule has 1 saturated heterocycles. The highest BCUT2D eigenvalue weighted by Crippen LogP contribution is 2.16. The quantitative estimate of drug-likeness (QED) is 0.867. The molecule has 1 aliphatic rings. The van der Waals surface area contributed by atoms with E-state index >= 15 is 0 Å². The molecule has 1 aromatic heterocycles. The Kier molecular flexibility index (Phi) is 4.64. The second-order valence-electron chi connectivity index (χ2n) is 6.68. The Morgan fingerprint density at radius 1 is 1.32 bits per heavy atom. The zero-order valence-electron chi connectivity index (χ0n) is 14.2. The fourth-order valence-electron chi connectivity index (χ4n) is 3.09. The van der Waals surface area contributed by atoms with Crippen LogP contribution in [0.15, 0.2) is 29.1 Å². The number of sulfone groups is 1. The van der Waals surface area contributed by atoms with E-state index in [0.717, 1.165) is 0 Å². The molecule has 1 fully saturated rings. The van der Waals surface area contributed by atoms with Gasteiger partial charge >= 0.3 is 0 Å². The van der Waals surface area contributed by atoms with E-state index < -0.39 is 9.84 Å². The van der Waals surface area contributed by atoms with E-state index in [0.29, 0.717) is 22.9 Å². The van der Waals surface area contributed by atoms with Crippen molar-refractivity contribution in [2.45, 2.75) is 38.8 Å². The molecule has 1 amide bonds. The first-order valence-corrected chi connectivity index (χ1v) is 10.1. The van der Waals surface area contributed by atoms with Gasteiger partial charge in [0, 0.05) is 11.4 Å². The van der Waals surface area contributed by atoms with Crippen molar-refractivity contribution in [2.24, 2.45) is 0 Å². The first kappa shape index (κ1) is 17.6. The minimum Gasteiger partial charge on any atom is -0.352 e. The topological polar surface area (TPSA) is 98.1 Å². The van der Waals surface area contributed by atoms with E-state index in [9.17, 15) is 18.0 Å². The van der Waals surface area contributed by atoms with E-state index in [1.54, 1.807) is 24.3 Å². The van der Waals surface area contributed by atoms with Gasteiger partial charge in [0.2, 0.25) is 5.91 Å². The average Bonchev–Trinajstić information content (AvgIpc) is 2.88. The molecule has 0 bridgehead atoms.